The molecule has 7 nitrogen and oxygen atoms in total. The zero-order chi connectivity index (χ0) is 18.8. The monoisotopic (exact) mass is 355 g/mol. The van der Waals surface area contributed by atoms with E-state index in [0.717, 1.165) is 18.3 Å². The lowest BCUT2D eigenvalue weighted by atomic mass is 10.1. The van der Waals surface area contributed by atoms with Crippen molar-refractivity contribution in [1.29, 1.82) is 0 Å². The van der Waals surface area contributed by atoms with E-state index in [1.165, 1.54) is 17.7 Å². The fourth-order valence-electron chi connectivity index (χ4n) is 3.44. The van der Waals surface area contributed by atoms with E-state index >= 15 is 0 Å². The molecule has 1 aliphatic heterocycles. The summed E-state index contributed by atoms with van der Waals surface area (Å²) in [5.74, 6) is -1.17. The molecule has 136 valence electrons. The number of carboxylic acids is 1. The molecule has 26 heavy (non-hydrogen) atoms. The van der Waals surface area contributed by atoms with E-state index < -0.39 is 10.9 Å². The van der Waals surface area contributed by atoms with Crippen LogP contribution < -0.4 is 9.80 Å². The molecule has 1 atom stereocenters. The van der Waals surface area contributed by atoms with Crippen molar-refractivity contribution in [2.24, 2.45) is 0 Å². The predicted octanol–water partition coefficient (Wildman–Crippen LogP) is 3.32. The number of hydrogen-bond acceptors (Lipinski definition) is 5. The summed E-state index contributed by atoms with van der Waals surface area (Å²) in [6.45, 7) is 6.14. The average molecular weight is 355 g/mol. The topological polar surface area (TPSA) is 86.9 Å². The number of hydrogen-bond donors (Lipinski definition) is 1. The fraction of sp³-hybridized carbons (Fsp3) is 0.316. The van der Waals surface area contributed by atoms with Crippen molar-refractivity contribution >= 4 is 23.0 Å². The fourth-order valence-corrected chi connectivity index (χ4v) is 3.44. The van der Waals surface area contributed by atoms with Gasteiger partial charge in [-0.3, -0.25) is 10.1 Å². The van der Waals surface area contributed by atoms with Gasteiger partial charge in [0.05, 0.1) is 10.5 Å². The Morgan fingerprint density at radius 2 is 2.00 bits per heavy atom. The molecule has 0 saturated carbocycles. The molecule has 0 aromatic heterocycles. The van der Waals surface area contributed by atoms with E-state index in [4.69, 9.17) is 5.11 Å². The standard InChI is InChI=1S/C19H21N3O4/c1-13-4-3-5-16(10-13)21-9-8-20(12-14(21)2)17-7-6-15(19(23)24)11-18(17)22(25)26/h3-7,10-11,14H,8-9,12H2,1-2H3,(H,23,24). The Balaban J connectivity index is 1.85. The number of aryl methyl sites for hydroxylation is 1. The molecular formula is C19H21N3O4. The highest BCUT2D eigenvalue weighted by atomic mass is 16.6. The van der Waals surface area contributed by atoms with Crippen molar-refractivity contribution in [1.82, 2.24) is 0 Å². The Hall–Kier alpha value is -3.09. The summed E-state index contributed by atoms with van der Waals surface area (Å²) in [6, 6.07) is 12.6. The number of nitro groups is 1. The normalized spacial score (nSPS) is 17.2. The van der Waals surface area contributed by atoms with E-state index in [1.54, 1.807) is 0 Å². The first kappa shape index (κ1) is 17.7. The second kappa shape index (κ2) is 7.03. The molecule has 7 heteroatoms. The van der Waals surface area contributed by atoms with Crippen molar-refractivity contribution < 1.29 is 14.8 Å². The van der Waals surface area contributed by atoms with Gasteiger partial charge in [-0.1, -0.05) is 12.1 Å². The number of anilines is 2. The average Bonchev–Trinajstić information content (AvgIpc) is 2.61. The zero-order valence-electron chi connectivity index (χ0n) is 14.8. The molecule has 0 amide bonds. The molecular weight excluding hydrogens is 334 g/mol. The third-order valence-electron chi connectivity index (χ3n) is 4.72. The maximum atomic E-state index is 11.4. The van der Waals surface area contributed by atoms with E-state index in [-0.39, 0.29) is 17.3 Å². The van der Waals surface area contributed by atoms with Crippen molar-refractivity contribution in [3.8, 4) is 0 Å². The smallest absolute Gasteiger partial charge is 0.335 e. The third-order valence-corrected chi connectivity index (χ3v) is 4.72. The van der Waals surface area contributed by atoms with Crippen LogP contribution in [0.1, 0.15) is 22.8 Å². The Bertz CT molecular complexity index is 852. The minimum atomic E-state index is -1.17. The van der Waals surface area contributed by atoms with E-state index in [9.17, 15) is 14.9 Å². The molecule has 2 aromatic carbocycles. The van der Waals surface area contributed by atoms with Crippen LogP contribution in [0.3, 0.4) is 0 Å². The van der Waals surface area contributed by atoms with Gasteiger partial charge in [-0.05, 0) is 43.7 Å². The van der Waals surface area contributed by atoms with Gasteiger partial charge in [0.15, 0.2) is 0 Å². The van der Waals surface area contributed by atoms with Crippen molar-refractivity contribution in [3.05, 3.63) is 63.7 Å². The summed E-state index contributed by atoms with van der Waals surface area (Å²) in [6.07, 6.45) is 0. The van der Waals surface area contributed by atoms with E-state index in [1.807, 2.05) is 11.0 Å². The molecule has 2 aromatic rings. The van der Waals surface area contributed by atoms with Crippen molar-refractivity contribution in [2.45, 2.75) is 19.9 Å². The molecule has 0 spiro atoms. The summed E-state index contributed by atoms with van der Waals surface area (Å²) in [5, 5.41) is 20.5. The first-order valence-electron chi connectivity index (χ1n) is 8.47. The number of rotatable bonds is 4. The van der Waals surface area contributed by atoms with Gasteiger partial charge >= 0.3 is 5.97 Å². The summed E-state index contributed by atoms with van der Waals surface area (Å²) >= 11 is 0. The van der Waals surface area contributed by atoms with Crippen LogP contribution >= 0.6 is 0 Å². The van der Waals surface area contributed by atoms with Crippen molar-refractivity contribution in [2.75, 3.05) is 29.4 Å². The van der Waals surface area contributed by atoms with Crippen molar-refractivity contribution in [3.63, 3.8) is 0 Å². The first-order valence-corrected chi connectivity index (χ1v) is 8.47. The van der Waals surface area contributed by atoms with Gasteiger partial charge in [-0.15, -0.1) is 0 Å². The summed E-state index contributed by atoms with van der Waals surface area (Å²) in [7, 11) is 0. The highest BCUT2D eigenvalue weighted by molar-refractivity contribution is 5.90. The second-order valence-electron chi connectivity index (χ2n) is 6.59. The molecule has 0 bridgehead atoms. The molecule has 1 unspecified atom stereocenters. The second-order valence-corrected chi connectivity index (χ2v) is 6.59. The van der Waals surface area contributed by atoms with Crippen LogP contribution in [0.5, 0.6) is 0 Å². The highest BCUT2D eigenvalue weighted by Gasteiger charge is 2.28. The number of aromatic carboxylic acids is 1. The zero-order valence-corrected chi connectivity index (χ0v) is 14.8. The van der Waals surface area contributed by atoms with Crippen LogP contribution in [0, 0.1) is 17.0 Å². The van der Waals surface area contributed by atoms with Crippen LogP contribution in [0.15, 0.2) is 42.5 Å². The molecule has 1 fully saturated rings. The van der Waals surface area contributed by atoms with Gasteiger partial charge < -0.3 is 14.9 Å². The minimum Gasteiger partial charge on any atom is -0.478 e. The Morgan fingerprint density at radius 3 is 2.62 bits per heavy atom. The first-order chi connectivity index (χ1) is 12.4. The third kappa shape index (κ3) is 3.46. The van der Waals surface area contributed by atoms with Crippen LogP contribution in [0.4, 0.5) is 17.1 Å². The SMILES string of the molecule is Cc1cccc(N2CCN(c3ccc(C(=O)O)cc3[N+](=O)[O-])CC2C)c1. The number of carboxylic acid groups (broad SMARTS) is 1. The molecule has 1 N–H and O–H groups in total. The molecule has 1 heterocycles. The Labute approximate surface area is 151 Å². The minimum absolute atomic E-state index is 0.0769. The van der Waals surface area contributed by atoms with E-state index in [2.05, 4.69) is 36.9 Å². The summed E-state index contributed by atoms with van der Waals surface area (Å²) < 4.78 is 0. The largest absolute Gasteiger partial charge is 0.478 e. The lowest BCUT2D eigenvalue weighted by molar-refractivity contribution is -0.384. The number of nitrogens with zero attached hydrogens (tertiary/aromatic N) is 3. The van der Waals surface area contributed by atoms with E-state index in [0.29, 0.717) is 18.8 Å². The van der Waals surface area contributed by atoms with Crippen LogP contribution in [0.25, 0.3) is 0 Å². The van der Waals surface area contributed by atoms with Crippen LogP contribution in [-0.2, 0) is 0 Å². The number of carbonyl (C=O) groups is 1. The molecule has 3 rings (SSSR count). The lowest BCUT2D eigenvalue weighted by Gasteiger charge is -2.42. The quantitative estimate of drug-likeness (QED) is 0.669. The maximum Gasteiger partial charge on any atom is 0.335 e. The van der Waals surface area contributed by atoms with Gasteiger partial charge in [0.2, 0.25) is 0 Å². The maximum absolute atomic E-state index is 11.4. The lowest BCUT2D eigenvalue weighted by Crippen LogP contribution is -2.52. The van der Waals surface area contributed by atoms with Gasteiger partial charge in [0.25, 0.3) is 5.69 Å². The van der Waals surface area contributed by atoms with Gasteiger partial charge in [0, 0.05) is 37.4 Å². The summed E-state index contributed by atoms with van der Waals surface area (Å²) in [4.78, 5) is 26.3. The number of piperazine rings is 1. The van der Waals surface area contributed by atoms with Crippen LogP contribution in [0.2, 0.25) is 0 Å². The number of benzene rings is 2. The van der Waals surface area contributed by atoms with Crippen LogP contribution in [-0.4, -0.2) is 41.7 Å². The predicted molar refractivity (Wildman–Crippen MR) is 100 cm³/mol. The molecule has 1 saturated heterocycles. The Morgan fingerprint density at radius 1 is 1.23 bits per heavy atom. The van der Waals surface area contributed by atoms with Gasteiger partial charge in [0.1, 0.15) is 5.69 Å². The number of nitro benzene ring substituents is 1. The van der Waals surface area contributed by atoms with Gasteiger partial charge in [-0.25, -0.2) is 4.79 Å². The Kier molecular flexibility index (Phi) is 4.79. The van der Waals surface area contributed by atoms with Gasteiger partial charge in [-0.2, -0.15) is 0 Å². The molecule has 0 aliphatic carbocycles. The molecule has 1 aliphatic rings. The molecule has 0 radical (unpaired) electrons. The highest BCUT2D eigenvalue weighted by Crippen LogP contribution is 2.32. The summed E-state index contributed by atoms with van der Waals surface area (Å²) in [5.41, 5.74) is 2.56.